The predicted octanol–water partition coefficient (Wildman–Crippen LogP) is 30.1. The lowest BCUT2D eigenvalue weighted by Gasteiger charge is -2.16. The predicted molar refractivity (Wildman–Crippen MR) is 524 cm³/mol. The van der Waals surface area contributed by atoms with E-state index in [1.807, 2.05) is 0 Å². The van der Waals surface area contributed by atoms with Gasteiger partial charge in [0.2, 0.25) is 11.9 Å². The van der Waals surface area contributed by atoms with Gasteiger partial charge in [0.1, 0.15) is 0 Å². The molecule has 0 saturated carbocycles. The molecule has 0 bridgehead atoms. The highest BCUT2D eigenvalue weighted by Gasteiger charge is 2.27. The second-order valence-corrected chi connectivity index (χ2v) is 33.0. The third-order valence-electron chi connectivity index (χ3n) is 26.1. The molecule has 0 spiro atoms. The van der Waals surface area contributed by atoms with Gasteiger partial charge in [-0.1, -0.05) is 261 Å². The van der Waals surface area contributed by atoms with E-state index in [1.54, 1.807) is 0 Å². The number of nitrogens with zero attached hydrogens (tertiary/aromatic N) is 9. The first-order valence-corrected chi connectivity index (χ1v) is 43.0. The maximum Gasteiger partial charge on any atom is 0.240 e. The highest BCUT2D eigenvalue weighted by molar-refractivity contribution is 6.18. The minimum absolute atomic E-state index is 0.473. The quantitative estimate of drug-likeness (QED) is 0.116. The first kappa shape index (κ1) is 70.8. The van der Waals surface area contributed by atoms with Gasteiger partial charge in [-0.05, 0) is 249 Å². The lowest BCUT2D eigenvalue weighted by atomic mass is 9.94. The normalized spacial score (nSPS) is 12.0. The van der Waals surface area contributed by atoms with Gasteiger partial charge in [-0.2, -0.15) is 15.0 Å². The van der Waals surface area contributed by atoms with Crippen molar-refractivity contribution < 1.29 is 0 Å². The van der Waals surface area contributed by atoms with Gasteiger partial charge in [0, 0.05) is 92.9 Å². The van der Waals surface area contributed by atoms with Crippen molar-refractivity contribution in [3.05, 3.63) is 443 Å². The zero-order valence-electron chi connectivity index (χ0n) is 68.2. The molecule has 0 aliphatic heterocycles. The first-order valence-electron chi connectivity index (χ1n) is 43.0. The zero-order valence-corrected chi connectivity index (χ0v) is 68.2. The molecule has 26 rings (SSSR count). The minimum Gasteiger partial charge on any atom is -0.309 e. The minimum atomic E-state index is 0.473. The van der Waals surface area contributed by atoms with E-state index in [2.05, 4.69) is 470 Å². The largest absolute Gasteiger partial charge is 0.309 e. The molecule has 0 fully saturated rings. The van der Waals surface area contributed by atoms with Crippen LogP contribution in [0.4, 0.5) is 0 Å². The van der Waals surface area contributed by atoms with Crippen LogP contribution in [0, 0.1) is 0 Å². The van der Waals surface area contributed by atoms with Crippen LogP contribution in [0.25, 0.3) is 244 Å². The Kier molecular flexibility index (Phi) is 15.9. The molecule has 0 amide bonds. The SMILES string of the molecule is c1ccc(-c2ccc(-c3nc(-n4c5ccc(-c6ccc7c(c6)c6ccccc6n7-c6ccccc6)cc5c5cc(-c6ccc7c(c6)c6ccccc6n7-c6ccccc6)ccc54)nc(-n4c5ccc(-c6ccc7c(c6)c6ccccc6n7-c6ccccc6)cc5c5cc(-c6ccc7c(c6)c6ccccc6n7-c6ccccc6)ccc54)n3)c(-c3ccccc3)c2)cc1. The fraction of sp³-hybridized carbons (Fsp3) is 0. The standard InChI is InChI=1S/C117H73N9/c1-7-27-74(28-8-1)76-47-56-93(94(65-76)75-29-9-2-10-30-75)115-118-116(125-111-61-52-81(77-48-57-107-95(66-77)89-39-19-23-43-103(89)121(107)85-31-11-3-12-32-85)70-99(111)100-71-82(53-62-112(100)125)78-49-58-108-96(67-78)90-40-20-24-44-104(90)122(108)86-33-13-4-14-34-86)120-117(119-115)126-113-63-54-83(79-50-59-109-97(68-79)91-41-21-25-45-105(91)123(109)87-35-15-5-16-36-87)72-101(113)102-73-84(55-64-114(102)126)80-51-60-110-98(69-80)92-42-22-26-46-106(92)124(110)88-37-17-6-18-38-88/h1-73H. The molecule has 0 unspecified atom stereocenters. The van der Waals surface area contributed by atoms with Gasteiger partial charge in [0.25, 0.3) is 0 Å². The Morgan fingerprint density at radius 3 is 0.611 bits per heavy atom. The molecule has 9 heteroatoms. The summed E-state index contributed by atoms with van der Waals surface area (Å²) in [6.07, 6.45) is 0. The van der Waals surface area contributed by atoms with Crippen LogP contribution in [0.15, 0.2) is 443 Å². The Morgan fingerprint density at radius 2 is 0.333 bits per heavy atom. The lowest BCUT2D eigenvalue weighted by Crippen LogP contribution is -2.10. The number of hydrogen-bond donors (Lipinski definition) is 0. The van der Waals surface area contributed by atoms with Crippen molar-refractivity contribution in [2.75, 3.05) is 0 Å². The number of hydrogen-bond acceptors (Lipinski definition) is 3. The average molecular weight is 1600 g/mol. The second kappa shape index (κ2) is 28.3. The maximum absolute atomic E-state index is 5.99. The highest BCUT2D eigenvalue weighted by Crippen LogP contribution is 2.47. The van der Waals surface area contributed by atoms with Crippen molar-refractivity contribution in [1.82, 2.24) is 42.4 Å². The maximum atomic E-state index is 5.99. The number of benzene rings is 19. The van der Waals surface area contributed by atoms with Crippen molar-refractivity contribution in [3.63, 3.8) is 0 Å². The van der Waals surface area contributed by atoms with Crippen LogP contribution in [0.2, 0.25) is 0 Å². The van der Waals surface area contributed by atoms with E-state index < -0.39 is 0 Å². The molecule has 7 aromatic heterocycles. The Labute approximate surface area is 724 Å². The smallest absolute Gasteiger partial charge is 0.240 e. The van der Waals surface area contributed by atoms with Gasteiger partial charge in [-0.3, -0.25) is 9.13 Å². The highest BCUT2D eigenvalue weighted by atomic mass is 15.3. The van der Waals surface area contributed by atoms with Crippen LogP contribution in [0.1, 0.15) is 0 Å². The van der Waals surface area contributed by atoms with Gasteiger partial charge in [0.05, 0.1) is 66.2 Å². The van der Waals surface area contributed by atoms with E-state index >= 15 is 0 Å². The molecule has 0 N–H and O–H groups in total. The summed E-state index contributed by atoms with van der Waals surface area (Å²) < 4.78 is 14.1. The summed E-state index contributed by atoms with van der Waals surface area (Å²) in [6.45, 7) is 0. The van der Waals surface area contributed by atoms with E-state index in [9.17, 15) is 0 Å². The summed E-state index contributed by atoms with van der Waals surface area (Å²) in [6, 6.07) is 162. The fourth-order valence-corrected chi connectivity index (χ4v) is 20.3. The summed E-state index contributed by atoms with van der Waals surface area (Å²) in [4.78, 5) is 17.8. The Balaban J connectivity index is 0.724. The fourth-order valence-electron chi connectivity index (χ4n) is 20.3. The van der Waals surface area contributed by atoms with E-state index in [4.69, 9.17) is 15.0 Å². The molecule has 0 aliphatic carbocycles. The summed E-state index contributed by atoms with van der Waals surface area (Å²) in [5.74, 6) is 1.47. The molecule has 586 valence electrons. The molecule has 126 heavy (non-hydrogen) atoms. The van der Waals surface area contributed by atoms with Gasteiger partial charge in [-0.25, -0.2) is 0 Å². The Morgan fingerprint density at radius 1 is 0.127 bits per heavy atom. The third-order valence-corrected chi connectivity index (χ3v) is 26.1. The van der Waals surface area contributed by atoms with Crippen LogP contribution in [-0.2, 0) is 0 Å². The van der Waals surface area contributed by atoms with Crippen molar-refractivity contribution in [1.29, 1.82) is 0 Å². The monoisotopic (exact) mass is 1600 g/mol. The van der Waals surface area contributed by atoms with Gasteiger partial charge >= 0.3 is 0 Å². The number of fused-ring (bicyclic) bond motifs is 18. The number of aromatic nitrogens is 9. The van der Waals surface area contributed by atoms with Gasteiger partial charge in [-0.15, -0.1) is 0 Å². The van der Waals surface area contributed by atoms with Gasteiger partial charge in [0.15, 0.2) is 5.82 Å². The van der Waals surface area contributed by atoms with Crippen molar-refractivity contribution >= 4 is 131 Å². The molecular weight excluding hydrogens is 1530 g/mol. The van der Waals surface area contributed by atoms with Crippen LogP contribution >= 0.6 is 0 Å². The van der Waals surface area contributed by atoms with E-state index in [-0.39, 0.29) is 0 Å². The summed E-state index contributed by atoms with van der Waals surface area (Å²) >= 11 is 0. The van der Waals surface area contributed by atoms with Crippen LogP contribution in [0.3, 0.4) is 0 Å². The van der Waals surface area contributed by atoms with Crippen LogP contribution in [-0.4, -0.2) is 42.4 Å². The van der Waals surface area contributed by atoms with Crippen molar-refractivity contribution in [2.24, 2.45) is 0 Å². The zero-order chi connectivity index (χ0) is 82.6. The average Bonchev–Trinajstić information content (AvgIpc) is 1.57. The lowest BCUT2D eigenvalue weighted by molar-refractivity contribution is 0.893. The molecular formula is C117H73N9. The van der Waals surface area contributed by atoms with Crippen molar-refractivity contribution in [3.8, 4) is 113 Å². The van der Waals surface area contributed by atoms with Crippen LogP contribution in [0.5, 0.6) is 0 Å². The summed E-state index contributed by atoms with van der Waals surface area (Å²) in [5.41, 5.74) is 31.4. The molecule has 7 heterocycles. The molecule has 19 aromatic carbocycles. The summed E-state index contributed by atoms with van der Waals surface area (Å²) in [7, 11) is 0. The molecule has 0 atom stereocenters. The third kappa shape index (κ3) is 11.2. The molecule has 0 saturated heterocycles. The van der Waals surface area contributed by atoms with E-state index in [0.29, 0.717) is 17.7 Å². The topological polar surface area (TPSA) is 68.2 Å². The first-order chi connectivity index (χ1) is 62.5. The summed E-state index contributed by atoms with van der Waals surface area (Å²) in [5, 5.41) is 13.8. The number of para-hydroxylation sites is 8. The molecule has 9 nitrogen and oxygen atoms in total. The molecule has 0 aliphatic rings. The van der Waals surface area contributed by atoms with Crippen molar-refractivity contribution in [2.45, 2.75) is 0 Å². The van der Waals surface area contributed by atoms with Gasteiger partial charge < -0.3 is 18.3 Å². The Bertz CT molecular complexity index is 8060. The number of rotatable bonds is 13. The second-order valence-electron chi connectivity index (χ2n) is 33.0. The van der Waals surface area contributed by atoms with Crippen LogP contribution < -0.4 is 0 Å². The molecule has 0 radical (unpaired) electrons. The Hall–Kier alpha value is -17.0. The van der Waals surface area contributed by atoms with E-state index in [0.717, 1.165) is 183 Å². The molecule has 26 aromatic rings. The van der Waals surface area contributed by atoms with E-state index in [1.165, 1.54) is 43.1 Å².